The molecule has 1 aromatic rings. The Hall–Kier alpha value is -0.630. The fourth-order valence-electron chi connectivity index (χ4n) is 0.656. The summed E-state index contributed by atoms with van der Waals surface area (Å²) in [6.45, 7) is 3.59. The molecule has 1 rings (SSSR count). The summed E-state index contributed by atoms with van der Waals surface area (Å²) in [7, 11) is 0. The molecule has 0 aliphatic carbocycles. The Bertz CT molecular complexity index is 232. The highest BCUT2D eigenvalue weighted by Crippen LogP contribution is 2.10. The summed E-state index contributed by atoms with van der Waals surface area (Å²) in [6.07, 6.45) is 7.17. The van der Waals surface area contributed by atoms with E-state index in [1.54, 1.807) is 18.5 Å². The minimum Gasteiger partial charge on any atom is -0.263 e. The number of nitrogens with zero attached hydrogens (tertiary/aromatic N) is 1. The molecule has 0 spiro atoms. The SMILES string of the molecule is C=C[CH]c1cncc(Br)c1. The monoisotopic (exact) mass is 196 g/mol. The fourth-order valence-corrected chi connectivity index (χ4v) is 1.04. The van der Waals surface area contributed by atoms with Crippen molar-refractivity contribution < 1.29 is 0 Å². The van der Waals surface area contributed by atoms with Crippen molar-refractivity contribution in [3.63, 3.8) is 0 Å². The lowest BCUT2D eigenvalue weighted by molar-refractivity contribution is 1.27. The van der Waals surface area contributed by atoms with Gasteiger partial charge in [0.05, 0.1) is 0 Å². The molecule has 0 atom stereocenters. The second kappa shape index (κ2) is 3.52. The second-order valence-electron chi connectivity index (χ2n) is 1.84. The van der Waals surface area contributed by atoms with Gasteiger partial charge in [-0.15, -0.1) is 6.58 Å². The number of hydrogen-bond donors (Lipinski definition) is 0. The Kier molecular flexibility index (Phi) is 2.63. The highest BCUT2D eigenvalue weighted by atomic mass is 79.9. The normalized spacial score (nSPS) is 9.30. The molecule has 0 unspecified atom stereocenters. The fraction of sp³-hybridized carbons (Fsp3) is 0. The van der Waals surface area contributed by atoms with Gasteiger partial charge in [-0.3, -0.25) is 4.98 Å². The lowest BCUT2D eigenvalue weighted by Crippen LogP contribution is -1.79. The van der Waals surface area contributed by atoms with Gasteiger partial charge >= 0.3 is 0 Å². The van der Waals surface area contributed by atoms with E-state index in [0.29, 0.717) is 0 Å². The maximum Gasteiger partial charge on any atom is 0.0410 e. The maximum absolute atomic E-state index is 3.98. The van der Waals surface area contributed by atoms with Crippen molar-refractivity contribution in [1.29, 1.82) is 0 Å². The number of halogens is 1. The van der Waals surface area contributed by atoms with Gasteiger partial charge in [-0.25, -0.2) is 0 Å². The van der Waals surface area contributed by atoms with Gasteiger partial charge in [-0.05, 0) is 27.6 Å². The number of hydrogen-bond acceptors (Lipinski definition) is 1. The molecule has 0 amide bonds. The summed E-state index contributed by atoms with van der Waals surface area (Å²) in [5.41, 5.74) is 1.06. The molecule has 0 aliphatic rings. The van der Waals surface area contributed by atoms with E-state index in [1.807, 2.05) is 12.5 Å². The van der Waals surface area contributed by atoms with Crippen molar-refractivity contribution in [2.45, 2.75) is 0 Å². The van der Waals surface area contributed by atoms with Crippen LogP contribution in [0, 0.1) is 6.42 Å². The van der Waals surface area contributed by atoms with Crippen LogP contribution in [0.3, 0.4) is 0 Å². The van der Waals surface area contributed by atoms with E-state index < -0.39 is 0 Å². The van der Waals surface area contributed by atoms with Crippen LogP contribution in [0.5, 0.6) is 0 Å². The van der Waals surface area contributed by atoms with Crippen LogP contribution in [0.4, 0.5) is 0 Å². The summed E-state index contributed by atoms with van der Waals surface area (Å²) in [6, 6.07) is 1.98. The zero-order chi connectivity index (χ0) is 7.40. The van der Waals surface area contributed by atoms with E-state index in [4.69, 9.17) is 0 Å². The number of pyridine rings is 1. The Labute approximate surface area is 68.9 Å². The van der Waals surface area contributed by atoms with Gasteiger partial charge in [-0.1, -0.05) is 6.08 Å². The summed E-state index contributed by atoms with van der Waals surface area (Å²) in [4.78, 5) is 3.98. The Morgan fingerprint density at radius 2 is 2.30 bits per heavy atom. The van der Waals surface area contributed by atoms with Crippen molar-refractivity contribution in [2.75, 3.05) is 0 Å². The van der Waals surface area contributed by atoms with Gasteiger partial charge in [0.1, 0.15) is 0 Å². The minimum atomic E-state index is 0.989. The van der Waals surface area contributed by atoms with Crippen LogP contribution < -0.4 is 0 Å². The molecule has 0 saturated heterocycles. The van der Waals surface area contributed by atoms with Gasteiger partial charge < -0.3 is 0 Å². The molecule has 51 valence electrons. The highest BCUT2D eigenvalue weighted by molar-refractivity contribution is 9.10. The Morgan fingerprint density at radius 1 is 1.50 bits per heavy atom. The molecular weight excluding hydrogens is 190 g/mol. The van der Waals surface area contributed by atoms with E-state index >= 15 is 0 Å². The third kappa shape index (κ3) is 1.95. The van der Waals surface area contributed by atoms with Crippen LogP contribution in [0.15, 0.2) is 35.6 Å². The molecule has 1 nitrogen and oxygen atoms in total. The molecule has 0 bridgehead atoms. The number of rotatable bonds is 2. The molecule has 0 saturated carbocycles. The van der Waals surface area contributed by atoms with Crippen molar-refractivity contribution in [3.8, 4) is 0 Å². The predicted octanol–water partition coefficient (Wildman–Crippen LogP) is 2.58. The first-order valence-electron chi connectivity index (χ1n) is 2.89. The topological polar surface area (TPSA) is 12.9 Å². The Balaban J connectivity index is 2.84. The lowest BCUT2D eigenvalue weighted by Gasteiger charge is -1.93. The third-order valence-corrected chi connectivity index (χ3v) is 1.47. The van der Waals surface area contributed by atoms with E-state index in [2.05, 4.69) is 27.5 Å². The lowest BCUT2D eigenvalue weighted by atomic mass is 10.2. The van der Waals surface area contributed by atoms with Gasteiger partial charge in [0.25, 0.3) is 0 Å². The molecule has 2 heteroatoms. The molecule has 0 aromatic carbocycles. The molecule has 1 heterocycles. The van der Waals surface area contributed by atoms with E-state index in [-0.39, 0.29) is 0 Å². The molecule has 0 N–H and O–H groups in total. The summed E-state index contributed by atoms with van der Waals surface area (Å²) < 4.78 is 0.989. The third-order valence-electron chi connectivity index (χ3n) is 1.04. The molecule has 10 heavy (non-hydrogen) atoms. The van der Waals surface area contributed by atoms with Crippen LogP contribution in [0.25, 0.3) is 0 Å². The zero-order valence-electron chi connectivity index (χ0n) is 5.42. The van der Waals surface area contributed by atoms with Crippen LogP contribution >= 0.6 is 15.9 Å². The highest BCUT2D eigenvalue weighted by Gasteiger charge is 1.90. The molecule has 0 fully saturated rings. The van der Waals surface area contributed by atoms with Crippen molar-refractivity contribution in [3.05, 3.63) is 47.6 Å². The summed E-state index contributed by atoms with van der Waals surface area (Å²) in [5, 5.41) is 0. The van der Waals surface area contributed by atoms with Crippen LogP contribution in [0.1, 0.15) is 5.56 Å². The van der Waals surface area contributed by atoms with Gasteiger partial charge in [-0.2, -0.15) is 0 Å². The molecule has 1 radical (unpaired) electrons. The molecule has 0 aliphatic heterocycles. The first-order chi connectivity index (χ1) is 4.83. The van der Waals surface area contributed by atoms with E-state index in [9.17, 15) is 0 Å². The van der Waals surface area contributed by atoms with Crippen molar-refractivity contribution in [2.24, 2.45) is 0 Å². The quantitative estimate of drug-likeness (QED) is 0.709. The largest absolute Gasteiger partial charge is 0.263 e. The molecular formula is C8H7BrN. The maximum atomic E-state index is 3.98. The van der Waals surface area contributed by atoms with Gasteiger partial charge in [0, 0.05) is 23.3 Å². The first kappa shape index (κ1) is 7.48. The predicted molar refractivity (Wildman–Crippen MR) is 45.5 cm³/mol. The van der Waals surface area contributed by atoms with Crippen molar-refractivity contribution >= 4 is 15.9 Å². The van der Waals surface area contributed by atoms with Gasteiger partial charge in [0.15, 0.2) is 0 Å². The summed E-state index contributed by atoms with van der Waals surface area (Å²) in [5.74, 6) is 0. The van der Waals surface area contributed by atoms with E-state index in [0.717, 1.165) is 10.0 Å². The molecule has 1 aromatic heterocycles. The van der Waals surface area contributed by atoms with E-state index in [1.165, 1.54) is 0 Å². The van der Waals surface area contributed by atoms with Gasteiger partial charge in [0.2, 0.25) is 0 Å². The number of aromatic nitrogens is 1. The smallest absolute Gasteiger partial charge is 0.0410 e. The average Bonchev–Trinajstić information content (AvgIpc) is 1.88. The summed E-state index contributed by atoms with van der Waals surface area (Å²) >= 11 is 3.32. The standard InChI is InChI=1S/C8H7BrN/c1-2-3-7-4-8(9)6-10-5-7/h2-6H,1H2. The first-order valence-corrected chi connectivity index (χ1v) is 3.68. The van der Waals surface area contributed by atoms with Crippen LogP contribution in [-0.4, -0.2) is 4.98 Å². The minimum absolute atomic E-state index is 0.989. The van der Waals surface area contributed by atoms with Crippen molar-refractivity contribution in [1.82, 2.24) is 4.98 Å². The Morgan fingerprint density at radius 3 is 2.90 bits per heavy atom. The van der Waals surface area contributed by atoms with Crippen LogP contribution in [0.2, 0.25) is 0 Å². The second-order valence-corrected chi connectivity index (χ2v) is 2.75. The number of allylic oxidation sites excluding steroid dienone is 1. The average molecular weight is 197 g/mol. The van der Waals surface area contributed by atoms with Crippen LogP contribution in [-0.2, 0) is 0 Å². The zero-order valence-corrected chi connectivity index (χ0v) is 7.01.